The summed E-state index contributed by atoms with van der Waals surface area (Å²) in [6, 6.07) is 24.3. The Kier molecular flexibility index (Phi) is 5.47. The first-order chi connectivity index (χ1) is 19.4. The van der Waals surface area contributed by atoms with Crippen LogP contribution in [-0.2, 0) is 15.0 Å². The van der Waals surface area contributed by atoms with Gasteiger partial charge in [0.2, 0.25) is 11.8 Å². The second-order valence-electron chi connectivity index (χ2n) is 10.4. The second kappa shape index (κ2) is 8.96. The fourth-order valence-electron chi connectivity index (χ4n) is 6.78. The van der Waals surface area contributed by atoms with Crippen LogP contribution in [0.3, 0.4) is 0 Å². The fourth-order valence-corrected chi connectivity index (χ4v) is 6.95. The number of aromatic nitrogens is 1. The largest absolute Gasteiger partial charge is 0.274 e. The third kappa shape index (κ3) is 3.27. The SMILES string of the molecule is Cc1ccc(N2C(=O)C3C4c5ccccc5C(/C=N/NC(=O)c5cccnc5)(c5ccccc54)C3C2=O)cc1Cl. The standard InChI is InChI=1S/C32H23ClN4O3/c1-18-12-13-20(15-25(18)33)37-30(39)27-26-21-8-2-4-10-23(21)32(28(27)31(37)40,24-11-5-3-9-22(24)26)17-35-36-29(38)19-7-6-14-34-16-19/h2-17,26-28H,1H3,(H,36,38)/b35-17+. The maximum absolute atomic E-state index is 14.4. The molecule has 3 aliphatic carbocycles. The molecular weight excluding hydrogens is 524 g/mol. The molecule has 1 N–H and O–H groups in total. The summed E-state index contributed by atoms with van der Waals surface area (Å²) >= 11 is 6.42. The summed E-state index contributed by atoms with van der Waals surface area (Å²) in [5.41, 5.74) is 6.98. The van der Waals surface area contributed by atoms with Crippen molar-refractivity contribution in [2.45, 2.75) is 18.3 Å². The molecule has 0 saturated carbocycles. The topological polar surface area (TPSA) is 91.7 Å². The summed E-state index contributed by atoms with van der Waals surface area (Å²) < 4.78 is 0. The molecule has 2 atom stereocenters. The minimum Gasteiger partial charge on any atom is -0.274 e. The molecule has 0 radical (unpaired) electrons. The zero-order chi connectivity index (χ0) is 27.6. The van der Waals surface area contributed by atoms with Crippen LogP contribution < -0.4 is 10.3 Å². The van der Waals surface area contributed by atoms with Gasteiger partial charge in [-0.15, -0.1) is 0 Å². The number of amides is 3. The lowest BCUT2D eigenvalue weighted by molar-refractivity contribution is -0.122. The monoisotopic (exact) mass is 546 g/mol. The molecule has 4 aromatic rings. The summed E-state index contributed by atoms with van der Waals surface area (Å²) in [7, 11) is 0. The van der Waals surface area contributed by atoms with Crippen LogP contribution >= 0.6 is 11.6 Å². The number of benzene rings is 3. The summed E-state index contributed by atoms with van der Waals surface area (Å²) in [6.45, 7) is 1.87. The Morgan fingerprint density at radius 3 is 2.33 bits per heavy atom. The molecule has 1 saturated heterocycles. The smallest absolute Gasteiger partial charge is 0.272 e. The van der Waals surface area contributed by atoms with E-state index in [-0.39, 0.29) is 17.7 Å². The van der Waals surface area contributed by atoms with E-state index < -0.39 is 23.2 Å². The van der Waals surface area contributed by atoms with E-state index >= 15 is 0 Å². The highest BCUT2D eigenvalue weighted by Crippen LogP contribution is 2.63. The summed E-state index contributed by atoms with van der Waals surface area (Å²) in [4.78, 5) is 46.7. The van der Waals surface area contributed by atoms with Crippen molar-refractivity contribution in [3.8, 4) is 0 Å². The van der Waals surface area contributed by atoms with E-state index in [1.54, 1.807) is 36.7 Å². The van der Waals surface area contributed by atoms with Crippen LogP contribution in [0.2, 0.25) is 5.02 Å². The highest BCUT2D eigenvalue weighted by Gasteiger charge is 2.68. The van der Waals surface area contributed by atoms with Gasteiger partial charge in [-0.3, -0.25) is 19.4 Å². The second-order valence-corrected chi connectivity index (χ2v) is 10.8. The number of carbonyl (C=O) groups is 3. The minimum atomic E-state index is -1.08. The lowest BCUT2D eigenvalue weighted by Crippen LogP contribution is -2.54. The van der Waals surface area contributed by atoms with Crippen molar-refractivity contribution in [1.82, 2.24) is 10.4 Å². The van der Waals surface area contributed by atoms with Gasteiger partial charge < -0.3 is 0 Å². The highest BCUT2D eigenvalue weighted by molar-refractivity contribution is 6.32. The molecule has 2 bridgehead atoms. The van der Waals surface area contributed by atoms with E-state index in [1.807, 2.05) is 61.5 Å². The number of aryl methyl sites for hydroxylation is 1. The van der Waals surface area contributed by atoms with Crippen molar-refractivity contribution in [3.63, 3.8) is 0 Å². The first-order valence-electron chi connectivity index (χ1n) is 13.0. The van der Waals surface area contributed by atoms with Gasteiger partial charge in [0.15, 0.2) is 0 Å². The predicted molar refractivity (Wildman–Crippen MR) is 151 cm³/mol. The van der Waals surface area contributed by atoms with E-state index in [9.17, 15) is 14.4 Å². The van der Waals surface area contributed by atoms with Gasteiger partial charge in [-0.1, -0.05) is 66.2 Å². The zero-order valence-electron chi connectivity index (χ0n) is 21.4. The van der Waals surface area contributed by atoms with E-state index in [2.05, 4.69) is 15.5 Å². The van der Waals surface area contributed by atoms with E-state index in [0.717, 1.165) is 27.8 Å². The van der Waals surface area contributed by atoms with Gasteiger partial charge >= 0.3 is 0 Å². The molecule has 2 heterocycles. The van der Waals surface area contributed by atoms with Crippen molar-refractivity contribution < 1.29 is 14.4 Å². The first-order valence-corrected chi connectivity index (χ1v) is 13.4. The van der Waals surface area contributed by atoms with Crippen LogP contribution in [0.15, 0.2) is 96.4 Å². The number of anilines is 1. The number of rotatable bonds is 4. The quantitative estimate of drug-likeness (QED) is 0.221. The Morgan fingerprint density at radius 2 is 1.68 bits per heavy atom. The zero-order valence-corrected chi connectivity index (χ0v) is 22.2. The molecule has 1 aromatic heterocycles. The number of hydrogen-bond acceptors (Lipinski definition) is 5. The van der Waals surface area contributed by atoms with Crippen molar-refractivity contribution >= 4 is 41.2 Å². The van der Waals surface area contributed by atoms with Crippen molar-refractivity contribution in [3.05, 3.63) is 130 Å². The molecule has 3 aromatic carbocycles. The molecular formula is C32H23ClN4O3. The maximum atomic E-state index is 14.4. The normalized spacial score (nSPS) is 24.1. The van der Waals surface area contributed by atoms with Crippen LogP contribution in [0.4, 0.5) is 5.69 Å². The summed E-state index contributed by atoms with van der Waals surface area (Å²) in [5, 5.41) is 4.91. The molecule has 1 fully saturated rings. The first kappa shape index (κ1) is 24.4. The number of imide groups is 1. The number of hydrazone groups is 1. The number of pyridine rings is 1. The number of nitrogens with one attached hydrogen (secondary N) is 1. The summed E-state index contributed by atoms with van der Waals surface area (Å²) in [5.74, 6) is -2.69. The summed E-state index contributed by atoms with van der Waals surface area (Å²) in [6.07, 6.45) is 4.69. The molecule has 40 heavy (non-hydrogen) atoms. The number of nitrogens with zero attached hydrogens (tertiary/aromatic N) is 3. The Labute approximate surface area is 235 Å². The van der Waals surface area contributed by atoms with Crippen molar-refractivity contribution in [2.24, 2.45) is 16.9 Å². The maximum Gasteiger partial charge on any atom is 0.272 e. The lowest BCUT2D eigenvalue weighted by Gasteiger charge is -2.52. The predicted octanol–water partition coefficient (Wildman–Crippen LogP) is 5.01. The van der Waals surface area contributed by atoms with Gasteiger partial charge in [0, 0.05) is 29.5 Å². The average molecular weight is 547 g/mol. The number of carbonyl (C=O) groups excluding carboxylic acids is 3. The molecule has 8 heteroatoms. The average Bonchev–Trinajstić information content (AvgIpc) is 3.25. The van der Waals surface area contributed by atoms with Crippen LogP contribution in [0.25, 0.3) is 0 Å². The highest BCUT2D eigenvalue weighted by atomic mass is 35.5. The number of halogens is 1. The van der Waals surface area contributed by atoms with Gasteiger partial charge in [0.25, 0.3) is 5.91 Å². The van der Waals surface area contributed by atoms with Crippen LogP contribution in [-0.4, -0.2) is 28.9 Å². The van der Waals surface area contributed by atoms with Gasteiger partial charge in [-0.2, -0.15) is 5.10 Å². The molecule has 2 unspecified atom stereocenters. The molecule has 4 aliphatic rings. The van der Waals surface area contributed by atoms with Gasteiger partial charge in [0.1, 0.15) is 0 Å². The molecule has 8 rings (SSSR count). The Morgan fingerprint density at radius 1 is 0.975 bits per heavy atom. The molecule has 196 valence electrons. The van der Waals surface area contributed by atoms with Crippen LogP contribution in [0.1, 0.15) is 44.1 Å². The van der Waals surface area contributed by atoms with E-state index in [1.165, 1.54) is 11.1 Å². The van der Waals surface area contributed by atoms with E-state index in [0.29, 0.717) is 16.3 Å². The number of hydrogen-bond donors (Lipinski definition) is 1. The Hall–Kier alpha value is -4.62. The Bertz CT molecular complexity index is 1700. The third-order valence-corrected chi connectivity index (χ3v) is 8.86. The van der Waals surface area contributed by atoms with Gasteiger partial charge in [-0.25, -0.2) is 10.3 Å². The Balaban J connectivity index is 1.41. The molecule has 0 spiro atoms. The van der Waals surface area contributed by atoms with Crippen LogP contribution in [0, 0.1) is 18.8 Å². The molecule has 3 amide bonds. The van der Waals surface area contributed by atoms with Crippen molar-refractivity contribution in [1.29, 1.82) is 0 Å². The third-order valence-electron chi connectivity index (χ3n) is 8.46. The van der Waals surface area contributed by atoms with E-state index in [4.69, 9.17) is 11.6 Å². The van der Waals surface area contributed by atoms with Crippen molar-refractivity contribution in [2.75, 3.05) is 4.90 Å². The fraction of sp³-hybridized carbons (Fsp3) is 0.156. The minimum absolute atomic E-state index is 0.263. The van der Waals surface area contributed by atoms with Gasteiger partial charge in [-0.05, 0) is 59.0 Å². The lowest BCUT2D eigenvalue weighted by atomic mass is 9.47. The molecule has 1 aliphatic heterocycles. The van der Waals surface area contributed by atoms with Crippen LogP contribution in [0.5, 0.6) is 0 Å². The van der Waals surface area contributed by atoms with Gasteiger partial charge in [0.05, 0.1) is 28.5 Å². The molecule has 7 nitrogen and oxygen atoms in total.